The number of thiophene rings is 1. The second-order valence-electron chi connectivity index (χ2n) is 8.51. The van der Waals surface area contributed by atoms with Crippen molar-refractivity contribution >= 4 is 43.4 Å². The second kappa shape index (κ2) is 11.0. The van der Waals surface area contributed by atoms with E-state index < -0.39 is 13.7 Å². The Balaban J connectivity index is 0.000000248. The molecule has 0 aliphatic rings. The number of aromatic nitrogens is 2. The second-order valence-corrected chi connectivity index (χ2v) is 9.80. The molecule has 38 heavy (non-hydrogen) atoms. The molecule has 0 saturated heterocycles. The van der Waals surface area contributed by atoms with Crippen molar-refractivity contribution in [1.29, 1.82) is 0 Å². The van der Waals surface area contributed by atoms with Gasteiger partial charge in [0.25, 0.3) is 0 Å². The number of rotatable bonds is 2. The zero-order valence-corrected chi connectivity index (χ0v) is 23.4. The number of benzene rings is 3. The van der Waals surface area contributed by atoms with Crippen LogP contribution in [0.4, 0.5) is 0 Å². The van der Waals surface area contributed by atoms with Gasteiger partial charge in [-0.05, 0) is 55.8 Å². The summed E-state index contributed by atoms with van der Waals surface area (Å²) in [6.45, 7) is -3.12. The van der Waals surface area contributed by atoms with Crippen LogP contribution >= 0.6 is 11.3 Å². The van der Waals surface area contributed by atoms with Gasteiger partial charge in [0, 0.05) is 61.1 Å². The molecule has 0 saturated carbocycles. The van der Waals surface area contributed by atoms with E-state index in [9.17, 15) is 0 Å². The molecule has 7 aromatic rings. The zero-order chi connectivity index (χ0) is 30.4. The quantitative estimate of drug-likeness (QED) is 0.170. The van der Waals surface area contributed by atoms with E-state index in [1.54, 1.807) is 23.6 Å². The number of fused-ring (bicyclic) bond motifs is 5. The van der Waals surface area contributed by atoms with Crippen molar-refractivity contribution in [3.63, 3.8) is 0 Å². The number of hydrogen-bond donors (Lipinski definition) is 0. The van der Waals surface area contributed by atoms with Gasteiger partial charge in [-0.25, -0.2) is 0 Å². The predicted octanol–water partition coefficient (Wildman–Crippen LogP) is 9.13. The summed E-state index contributed by atoms with van der Waals surface area (Å²) in [5, 5.41) is 2.84. The maximum atomic E-state index is 7.82. The van der Waals surface area contributed by atoms with Crippen LogP contribution in [0.2, 0.25) is 0 Å². The molecule has 0 fully saturated rings. The summed E-state index contributed by atoms with van der Waals surface area (Å²) >= 11 is 1.69. The molecule has 4 heterocycles. The fraction of sp³-hybridized carbons (Fsp3) is 0.0909. The summed E-state index contributed by atoms with van der Waals surface area (Å²) < 4.78 is 53.9. The molecule has 189 valence electrons. The number of furan rings is 1. The van der Waals surface area contributed by atoms with Crippen molar-refractivity contribution in [2.24, 2.45) is 0 Å². The Morgan fingerprint density at radius 1 is 0.789 bits per heavy atom. The fourth-order valence-electron chi connectivity index (χ4n) is 4.30. The van der Waals surface area contributed by atoms with Crippen LogP contribution < -0.4 is 0 Å². The molecule has 5 heteroatoms. The van der Waals surface area contributed by atoms with Crippen LogP contribution in [0, 0.1) is 32.8 Å². The molecule has 0 aliphatic carbocycles. The van der Waals surface area contributed by atoms with E-state index in [2.05, 4.69) is 34.2 Å². The molecule has 0 bridgehead atoms. The Labute approximate surface area is 248 Å². The topological polar surface area (TPSA) is 38.9 Å². The third-order valence-corrected chi connectivity index (χ3v) is 7.04. The van der Waals surface area contributed by atoms with E-state index in [1.807, 2.05) is 61.5 Å². The Bertz CT molecular complexity index is 2030. The summed E-state index contributed by atoms with van der Waals surface area (Å²) in [6.07, 6.45) is 2.91. The monoisotopic (exact) mass is 695 g/mol. The number of pyridine rings is 2. The van der Waals surface area contributed by atoms with E-state index in [-0.39, 0.29) is 31.2 Å². The molecular formula is C33H24IrN2OS-2. The van der Waals surface area contributed by atoms with Gasteiger partial charge in [0.05, 0.1) is 5.58 Å². The average molecular weight is 695 g/mol. The van der Waals surface area contributed by atoms with Crippen LogP contribution in [0.3, 0.4) is 0 Å². The smallest absolute Gasteiger partial charge is 0.129 e. The Morgan fingerprint density at radius 3 is 2.45 bits per heavy atom. The molecule has 1 radical (unpaired) electrons. The molecule has 4 aromatic heterocycles. The largest absolute Gasteiger partial charge is 0.500 e. The van der Waals surface area contributed by atoms with Crippen LogP contribution in [0.25, 0.3) is 54.5 Å². The van der Waals surface area contributed by atoms with Crippen molar-refractivity contribution in [3.05, 3.63) is 119 Å². The van der Waals surface area contributed by atoms with Crippen molar-refractivity contribution in [2.45, 2.75) is 20.6 Å². The number of nitrogens with zero attached hydrogens (tertiary/aromatic N) is 2. The Morgan fingerprint density at radius 2 is 1.66 bits per heavy atom. The minimum absolute atomic E-state index is 0. The van der Waals surface area contributed by atoms with E-state index >= 15 is 0 Å². The van der Waals surface area contributed by atoms with Gasteiger partial charge < -0.3 is 14.4 Å². The minimum Gasteiger partial charge on any atom is -0.500 e. The SMILES string of the molecule is [2H]C([2H])([2H])c1cnc(-c2[c-]ccc3c2oc2c4cc(C)sc4ccc32)cc1C([2H])([2H])[2H].[Ir].[c-]1ccccc1-c1ccccn1. The molecular weight excluding hydrogens is 665 g/mol. The van der Waals surface area contributed by atoms with Crippen LogP contribution in [-0.2, 0) is 20.1 Å². The average Bonchev–Trinajstić information content (AvgIpc) is 3.57. The summed E-state index contributed by atoms with van der Waals surface area (Å²) in [4.78, 5) is 9.67. The third-order valence-electron chi connectivity index (χ3n) is 6.03. The van der Waals surface area contributed by atoms with Gasteiger partial charge in [-0.15, -0.1) is 65.4 Å². The van der Waals surface area contributed by atoms with Crippen molar-refractivity contribution < 1.29 is 32.7 Å². The first-order valence-electron chi connectivity index (χ1n) is 14.7. The standard InChI is InChI=1S/C22H16NOS.C11H8N.Ir/c1-12-9-19(23-11-13(12)2)17-6-4-5-15-16-7-8-20-18(10-14(3)25-20)22(16)24-21(15)17;1-2-6-10(7-3-1)11-8-4-5-9-12-11;/h4-5,7-11H,1-3H3;1-6,8-9H;/q2*-1;/i1D3,2D3;;. The summed E-state index contributed by atoms with van der Waals surface area (Å²) in [5.74, 6) is 0. The normalized spacial score (nSPS) is 13.8. The molecule has 0 aliphatic heterocycles. The first kappa shape index (κ1) is 19.4. The maximum Gasteiger partial charge on any atom is 0.129 e. The van der Waals surface area contributed by atoms with Crippen LogP contribution in [-0.4, -0.2) is 9.97 Å². The summed E-state index contributed by atoms with van der Waals surface area (Å²) in [6, 6.07) is 31.0. The third kappa shape index (κ3) is 4.93. The first-order chi connectivity index (χ1) is 20.5. The minimum atomic E-state index is -2.59. The maximum absolute atomic E-state index is 7.82. The van der Waals surface area contributed by atoms with Gasteiger partial charge in [0.2, 0.25) is 0 Å². The van der Waals surface area contributed by atoms with Crippen LogP contribution in [0.15, 0.2) is 95.7 Å². The van der Waals surface area contributed by atoms with E-state index in [1.165, 1.54) is 10.9 Å². The molecule has 3 nitrogen and oxygen atoms in total. The molecule has 0 spiro atoms. The van der Waals surface area contributed by atoms with Crippen LogP contribution in [0.1, 0.15) is 24.2 Å². The molecule has 3 aromatic carbocycles. The van der Waals surface area contributed by atoms with Crippen molar-refractivity contribution in [3.8, 4) is 22.5 Å². The van der Waals surface area contributed by atoms with Gasteiger partial charge >= 0.3 is 0 Å². The molecule has 7 rings (SSSR count). The van der Waals surface area contributed by atoms with Gasteiger partial charge in [-0.3, -0.25) is 0 Å². The van der Waals surface area contributed by atoms with Gasteiger partial charge in [-0.1, -0.05) is 40.8 Å². The van der Waals surface area contributed by atoms with Gasteiger partial charge in [0.1, 0.15) is 5.58 Å². The number of aryl methyl sites for hydroxylation is 3. The van der Waals surface area contributed by atoms with Crippen LogP contribution in [0.5, 0.6) is 0 Å². The molecule has 0 unspecified atom stereocenters. The Kier molecular flexibility index (Phi) is 5.63. The van der Waals surface area contributed by atoms with Crippen molar-refractivity contribution in [1.82, 2.24) is 9.97 Å². The predicted molar refractivity (Wildman–Crippen MR) is 154 cm³/mol. The molecule has 0 N–H and O–H groups in total. The van der Waals surface area contributed by atoms with Crippen molar-refractivity contribution in [2.75, 3.05) is 0 Å². The zero-order valence-electron chi connectivity index (χ0n) is 26.2. The van der Waals surface area contributed by atoms with Gasteiger partial charge in [-0.2, -0.15) is 0 Å². The first-order valence-corrected chi connectivity index (χ1v) is 12.5. The van der Waals surface area contributed by atoms with E-state index in [4.69, 9.17) is 12.6 Å². The molecule has 0 amide bonds. The Hall–Kier alpha value is -3.63. The number of hydrogen-bond acceptors (Lipinski definition) is 4. The summed E-state index contributed by atoms with van der Waals surface area (Å²) in [5.41, 5.74) is 3.60. The van der Waals surface area contributed by atoms with E-state index in [0.29, 0.717) is 16.8 Å². The van der Waals surface area contributed by atoms with Gasteiger partial charge in [0.15, 0.2) is 0 Å². The van der Waals surface area contributed by atoms with E-state index in [0.717, 1.165) is 43.9 Å². The summed E-state index contributed by atoms with van der Waals surface area (Å²) in [7, 11) is 0. The fourth-order valence-corrected chi connectivity index (χ4v) is 5.22. The molecule has 0 atom stereocenters.